The molecule has 0 aliphatic rings. The Morgan fingerprint density at radius 3 is 2.05 bits per heavy atom. The summed E-state index contributed by atoms with van der Waals surface area (Å²) in [7, 11) is 1.31. The van der Waals surface area contributed by atoms with E-state index in [0.29, 0.717) is 6.07 Å². The number of hydrogen-bond donors (Lipinski definition) is 0. The fourth-order valence-electron chi connectivity index (χ4n) is 1.65. The van der Waals surface area contributed by atoms with E-state index in [1.165, 1.54) is 13.2 Å². The maximum absolute atomic E-state index is 13.7. The standard InChI is InChI=1S/C14H8F4O2/c1-20-7-2-3-8(10(15)4-7)14(19)9-5-12(17)13(18)6-11(9)16/h2-6H,1H3. The Bertz CT molecular complexity index is 683. The van der Waals surface area contributed by atoms with Crippen LogP contribution in [-0.4, -0.2) is 12.9 Å². The molecular formula is C14H8F4O2. The van der Waals surface area contributed by atoms with Gasteiger partial charge in [-0.1, -0.05) is 0 Å². The number of ether oxygens (including phenoxy) is 1. The first-order valence-corrected chi connectivity index (χ1v) is 5.47. The third-order valence-electron chi connectivity index (χ3n) is 2.68. The average molecular weight is 284 g/mol. The van der Waals surface area contributed by atoms with Gasteiger partial charge in [0.05, 0.1) is 18.2 Å². The molecule has 104 valence electrons. The molecular weight excluding hydrogens is 276 g/mol. The fourth-order valence-corrected chi connectivity index (χ4v) is 1.65. The summed E-state index contributed by atoms with van der Waals surface area (Å²) in [5, 5.41) is 0. The molecule has 0 amide bonds. The second-order valence-electron chi connectivity index (χ2n) is 3.92. The van der Waals surface area contributed by atoms with E-state index in [2.05, 4.69) is 0 Å². The van der Waals surface area contributed by atoms with Crippen LogP contribution in [0, 0.1) is 23.3 Å². The van der Waals surface area contributed by atoms with Gasteiger partial charge in [0, 0.05) is 12.1 Å². The zero-order valence-electron chi connectivity index (χ0n) is 10.2. The van der Waals surface area contributed by atoms with E-state index in [-0.39, 0.29) is 11.8 Å². The Balaban J connectivity index is 2.49. The van der Waals surface area contributed by atoms with Crippen LogP contribution in [-0.2, 0) is 0 Å². The summed E-state index contributed by atoms with van der Waals surface area (Å²) in [5.74, 6) is -5.92. The van der Waals surface area contributed by atoms with Crippen LogP contribution in [0.3, 0.4) is 0 Å². The van der Waals surface area contributed by atoms with Crippen molar-refractivity contribution in [3.63, 3.8) is 0 Å². The van der Waals surface area contributed by atoms with Crippen LogP contribution < -0.4 is 4.74 Å². The number of ketones is 1. The molecule has 0 N–H and O–H groups in total. The van der Waals surface area contributed by atoms with Crippen molar-refractivity contribution in [2.75, 3.05) is 7.11 Å². The maximum Gasteiger partial charge on any atom is 0.199 e. The molecule has 0 unspecified atom stereocenters. The van der Waals surface area contributed by atoms with E-state index >= 15 is 0 Å². The van der Waals surface area contributed by atoms with Gasteiger partial charge in [-0.05, 0) is 18.2 Å². The molecule has 6 heteroatoms. The molecule has 0 heterocycles. The van der Waals surface area contributed by atoms with Crippen molar-refractivity contribution in [3.8, 4) is 5.75 Å². The summed E-state index contributed by atoms with van der Waals surface area (Å²) in [5.41, 5.74) is -1.20. The highest BCUT2D eigenvalue weighted by atomic mass is 19.2. The van der Waals surface area contributed by atoms with E-state index in [4.69, 9.17) is 4.74 Å². The number of hydrogen-bond acceptors (Lipinski definition) is 2. The summed E-state index contributed by atoms with van der Waals surface area (Å²) < 4.78 is 57.8. The van der Waals surface area contributed by atoms with Gasteiger partial charge in [-0.3, -0.25) is 4.79 Å². The Morgan fingerprint density at radius 2 is 1.45 bits per heavy atom. The SMILES string of the molecule is COc1ccc(C(=O)c2cc(F)c(F)cc2F)c(F)c1. The highest BCUT2D eigenvalue weighted by Crippen LogP contribution is 2.22. The van der Waals surface area contributed by atoms with Crippen molar-refractivity contribution in [3.05, 3.63) is 64.7 Å². The van der Waals surface area contributed by atoms with E-state index in [1.807, 2.05) is 0 Å². The first-order valence-electron chi connectivity index (χ1n) is 5.47. The minimum absolute atomic E-state index is 0.171. The van der Waals surface area contributed by atoms with E-state index in [9.17, 15) is 22.4 Å². The lowest BCUT2D eigenvalue weighted by atomic mass is 10.0. The molecule has 0 aliphatic heterocycles. The number of rotatable bonds is 3. The van der Waals surface area contributed by atoms with Gasteiger partial charge in [-0.25, -0.2) is 17.6 Å². The lowest BCUT2D eigenvalue weighted by molar-refractivity contribution is 0.103. The highest BCUT2D eigenvalue weighted by molar-refractivity contribution is 6.09. The van der Waals surface area contributed by atoms with Crippen LogP contribution >= 0.6 is 0 Å². The zero-order valence-corrected chi connectivity index (χ0v) is 10.2. The molecule has 0 saturated carbocycles. The molecule has 0 radical (unpaired) electrons. The third-order valence-corrected chi connectivity index (χ3v) is 2.68. The number of carbonyl (C=O) groups is 1. The molecule has 0 atom stereocenters. The van der Waals surface area contributed by atoms with Crippen molar-refractivity contribution in [1.82, 2.24) is 0 Å². The second-order valence-corrected chi connectivity index (χ2v) is 3.92. The third kappa shape index (κ3) is 2.49. The first-order chi connectivity index (χ1) is 9.43. The Morgan fingerprint density at radius 1 is 0.850 bits per heavy atom. The summed E-state index contributed by atoms with van der Waals surface area (Å²) in [6.07, 6.45) is 0. The number of methoxy groups -OCH3 is 1. The molecule has 0 saturated heterocycles. The van der Waals surface area contributed by atoms with Gasteiger partial charge >= 0.3 is 0 Å². The van der Waals surface area contributed by atoms with Gasteiger partial charge in [0.25, 0.3) is 0 Å². The number of benzene rings is 2. The summed E-state index contributed by atoms with van der Waals surface area (Å²) in [6.45, 7) is 0. The van der Waals surface area contributed by atoms with E-state index in [1.54, 1.807) is 0 Å². The zero-order chi connectivity index (χ0) is 14.9. The minimum Gasteiger partial charge on any atom is -0.497 e. The highest BCUT2D eigenvalue weighted by Gasteiger charge is 2.20. The van der Waals surface area contributed by atoms with E-state index < -0.39 is 40.2 Å². The molecule has 20 heavy (non-hydrogen) atoms. The molecule has 2 aromatic carbocycles. The van der Waals surface area contributed by atoms with Crippen LogP contribution in [0.5, 0.6) is 5.75 Å². The number of halogens is 4. The van der Waals surface area contributed by atoms with Crippen molar-refractivity contribution in [1.29, 1.82) is 0 Å². The van der Waals surface area contributed by atoms with Crippen molar-refractivity contribution in [2.45, 2.75) is 0 Å². The minimum atomic E-state index is -1.42. The van der Waals surface area contributed by atoms with Gasteiger partial charge in [0.15, 0.2) is 17.4 Å². The Kier molecular flexibility index (Phi) is 3.74. The quantitative estimate of drug-likeness (QED) is 0.490. The largest absolute Gasteiger partial charge is 0.497 e. The normalized spacial score (nSPS) is 10.4. The lowest BCUT2D eigenvalue weighted by Gasteiger charge is -2.06. The van der Waals surface area contributed by atoms with Gasteiger partial charge < -0.3 is 4.74 Å². The van der Waals surface area contributed by atoms with Gasteiger partial charge in [0.1, 0.15) is 17.4 Å². The van der Waals surface area contributed by atoms with Crippen molar-refractivity contribution < 1.29 is 27.1 Å². The molecule has 2 aromatic rings. The van der Waals surface area contributed by atoms with Crippen molar-refractivity contribution >= 4 is 5.78 Å². The summed E-state index contributed by atoms with van der Waals surface area (Å²) in [6, 6.07) is 3.96. The van der Waals surface area contributed by atoms with Crippen molar-refractivity contribution in [2.24, 2.45) is 0 Å². The van der Waals surface area contributed by atoms with Crippen LogP contribution in [0.15, 0.2) is 30.3 Å². The molecule has 0 aromatic heterocycles. The second kappa shape index (κ2) is 5.32. The lowest BCUT2D eigenvalue weighted by Crippen LogP contribution is -2.08. The van der Waals surface area contributed by atoms with E-state index in [0.717, 1.165) is 12.1 Å². The predicted octanol–water partition coefficient (Wildman–Crippen LogP) is 3.48. The smallest absolute Gasteiger partial charge is 0.199 e. The first kappa shape index (κ1) is 14.0. The average Bonchev–Trinajstić information content (AvgIpc) is 2.42. The Labute approximate surface area is 111 Å². The number of carbonyl (C=O) groups excluding carboxylic acids is 1. The monoisotopic (exact) mass is 284 g/mol. The van der Waals surface area contributed by atoms with Crippen LogP contribution in [0.4, 0.5) is 17.6 Å². The summed E-state index contributed by atoms with van der Waals surface area (Å²) in [4.78, 5) is 11.9. The molecule has 0 spiro atoms. The maximum atomic E-state index is 13.7. The molecule has 0 fully saturated rings. The topological polar surface area (TPSA) is 26.3 Å². The van der Waals surface area contributed by atoms with Crippen LogP contribution in [0.2, 0.25) is 0 Å². The van der Waals surface area contributed by atoms with Crippen LogP contribution in [0.1, 0.15) is 15.9 Å². The fraction of sp³-hybridized carbons (Fsp3) is 0.0714. The molecule has 0 aliphatic carbocycles. The van der Waals surface area contributed by atoms with Gasteiger partial charge in [-0.2, -0.15) is 0 Å². The Hall–Kier alpha value is -2.37. The summed E-state index contributed by atoms with van der Waals surface area (Å²) >= 11 is 0. The van der Waals surface area contributed by atoms with Crippen LogP contribution in [0.25, 0.3) is 0 Å². The molecule has 2 rings (SSSR count). The molecule has 0 bridgehead atoms. The molecule has 2 nitrogen and oxygen atoms in total. The van der Waals surface area contributed by atoms with Gasteiger partial charge in [-0.15, -0.1) is 0 Å². The predicted molar refractivity (Wildman–Crippen MR) is 62.7 cm³/mol. The van der Waals surface area contributed by atoms with Gasteiger partial charge in [0.2, 0.25) is 0 Å².